The minimum absolute atomic E-state index is 0.119. The van der Waals surface area contributed by atoms with E-state index in [0.29, 0.717) is 29.3 Å². The third-order valence-corrected chi connectivity index (χ3v) is 13.8. The van der Waals surface area contributed by atoms with Gasteiger partial charge in [0.05, 0.1) is 0 Å². The van der Waals surface area contributed by atoms with Crippen LogP contribution in [-0.2, 0) is 10.8 Å². The highest BCUT2D eigenvalue weighted by molar-refractivity contribution is 6.09. The number of ether oxygens (including phenoxy) is 1. The Hall–Kier alpha value is -6.07. The highest BCUT2D eigenvalue weighted by Crippen LogP contribution is 2.79. The second kappa shape index (κ2) is 11.5. The topological polar surface area (TPSA) is 61.0 Å². The summed E-state index contributed by atoms with van der Waals surface area (Å²) in [6.07, 6.45) is 6.39. The minimum Gasteiger partial charge on any atom is -0.457 e. The monoisotopic (exact) mass is 713 g/mol. The van der Waals surface area contributed by atoms with Gasteiger partial charge >= 0.3 is 0 Å². The number of hydrogen-bond donors (Lipinski definition) is 0. The molecule has 266 valence electrons. The molecule has 3 aliphatic carbocycles. The van der Waals surface area contributed by atoms with E-state index >= 15 is 0 Å². The fourth-order valence-electron chi connectivity index (χ4n) is 11.8. The van der Waals surface area contributed by atoms with E-state index in [1.165, 1.54) is 43.2 Å². The van der Waals surface area contributed by atoms with Crippen LogP contribution in [0.4, 0.5) is 0 Å². The molecule has 2 unspecified atom stereocenters. The maximum Gasteiger partial charge on any atom is 0.164 e. The Morgan fingerprint density at radius 2 is 1.24 bits per heavy atom. The average molecular weight is 714 g/mol. The molecule has 8 aromatic rings. The zero-order valence-electron chi connectivity index (χ0n) is 30.7. The standard InChI is InChI=1S/C50H39N3O2/c1-30-26-35-24-25-49-29-36(27-30)50(35,49)41-23-22-34(28-44(41)54-43-17-8-6-15-40(43)49)48-52-46(32-10-3-2-4-11-32)51-47(53-48)33-20-18-31(19-21-33)37-13-9-14-39-38-12-5-7-16-42(38)55-45(37)39/h2-23,28,30,35-36H,24-27,29H2,1H3/t30-,35-,36-,49?,50?/m0/s1. The first-order valence-electron chi connectivity index (χ1n) is 19.8. The minimum atomic E-state index is 0.119. The van der Waals surface area contributed by atoms with Crippen molar-refractivity contribution in [2.24, 2.45) is 17.8 Å². The number of para-hydroxylation sites is 3. The molecule has 12 rings (SSSR count). The van der Waals surface area contributed by atoms with Crippen LogP contribution in [0.2, 0.25) is 0 Å². The normalized spacial score (nSPS) is 24.6. The Morgan fingerprint density at radius 1 is 0.564 bits per heavy atom. The SMILES string of the molecule is C[C@H]1C[C@@H]2CCC34C[C@H](C1)C23c1ccc(-c2nc(-c3ccccc3)nc(-c3ccc(-c5cccc6c5oc5ccccc56)cc3)n2)cc1Oc1ccccc14. The lowest BCUT2D eigenvalue weighted by Crippen LogP contribution is -2.65. The summed E-state index contributed by atoms with van der Waals surface area (Å²) in [6, 6.07) is 49.0. The van der Waals surface area contributed by atoms with Crippen LogP contribution in [0.25, 0.3) is 67.2 Å². The van der Waals surface area contributed by atoms with Crippen LogP contribution in [0.5, 0.6) is 11.5 Å². The third kappa shape index (κ3) is 4.32. The molecule has 0 bridgehead atoms. The maximum absolute atomic E-state index is 7.02. The van der Waals surface area contributed by atoms with Crippen LogP contribution >= 0.6 is 0 Å². The first-order chi connectivity index (χ1) is 27.1. The lowest BCUT2D eigenvalue weighted by Gasteiger charge is -2.66. The van der Waals surface area contributed by atoms with E-state index in [-0.39, 0.29) is 10.8 Å². The van der Waals surface area contributed by atoms with Crippen LogP contribution in [-0.4, -0.2) is 15.0 Å². The number of furan rings is 1. The summed E-state index contributed by atoms with van der Waals surface area (Å²) in [5.74, 6) is 6.01. The summed E-state index contributed by atoms with van der Waals surface area (Å²) in [7, 11) is 0. The Kier molecular flexibility index (Phi) is 6.53. The molecule has 0 saturated heterocycles. The first kappa shape index (κ1) is 31.3. The largest absolute Gasteiger partial charge is 0.457 e. The van der Waals surface area contributed by atoms with Gasteiger partial charge in [-0.3, -0.25) is 0 Å². The average Bonchev–Trinajstić information content (AvgIpc) is 3.74. The van der Waals surface area contributed by atoms with Gasteiger partial charge in [0.1, 0.15) is 22.7 Å². The molecule has 0 amide bonds. The van der Waals surface area contributed by atoms with Crippen molar-refractivity contribution in [3.63, 3.8) is 0 Å². The van der Waals surface area contributed by atoms with Crippen molar-refractivity contribution in [2.45, 2.75) is 49.9 Å². The van der Waals surface area contributed by atoms with Crippen molar-refractivity contribution < 1.29 is 9.15 Å². The van der Waals surface area contributed by atoms with E-state index in [2.05, 4.69) is 116 Å². The number of aromatic nitrogens is 3. The Balaban J connectivity index is 0.984. The van der Waals surface area contributed by atoms with E-state index < -0.39 is 0 Å². The van der Waals surface area contributed by atoms with Gasteiger partial charge in [0, 0.05) is 55.0 Å². The summed E-state index contributed by atoms with van der Waals surface area (Å²) in [6.45, 7) is 2.47. The quantitative estimate of drug-likeness (QED) is 0.182. The number of benzene rings is 6. The Bertz CT molecular complexity index is 2830. The van der Waals surface area contributed by atoms with Gasteiger partial charge in [-0.2, -0.15) is 0 Å². The third-order valence-electron chi connectivity index (χ3n) is 13.8. The lowest BCUT2D eigenvalue weighted by atomic mass is 9.36. The smallest absolute Gasteiger partial charge is 0.164 e. The van der Waals surface area contributed by atoms with Crippen LogP contribution in [0.15, 0.2) is 144 Å². The van der Waals surface area contributed by atoms with Crippen LogP contribution in [0.3, 0.4) is 0 Å². The molecule has 5 atom stereocenters. The van der Waals surface area contributed by atoms with E-state index in [0.717, 1.165) is 67.2 Å². The molecule has 5 heteroatoms. The van der Waals surface area contributed by atoms with Crippen molar-refractivity contribution in [2.75, 3.05) is 0 Å². The highest BCUT2D eigenvalue weighted by atomic mass is 16.5. The molecule has 0 N–H and O–H groups in total. The molecular formula is C50H39N3O2. The van der Waals surface area contributed by atoms with E-state index in [9.17, 15) is 0 Å². The molecule has 3 fully saturated rings. The summed E-state index contributed by atoms with van der Waals surface area (Å²) >= 11 is 0. The molecule has 1 aliphatic heterocycles. The van der Waals surface area contributed by atoms with Crippen LogP contribution < -0.4 is 4.74 Å². The molecule has 5 nitrogen and oxygen atoms in total. The summed E-state index contributed by atoms with van der Waals surface area (Å²) in [5, 5.41) is 2.25. The maximum atomic E-state index is 7.02. The van der Waals surface area contributed by atoms with E-state index in [1.54, 1.807) is 0 Å². The lowest BCUT2D eigenvalue weighted by molar-refractivity contribution is -0.0611. The highest BCUT2D eigenvalue weighted by Gasteiger charge is 2.75. The van der Waals surface area contributed by atoms with Gasteiger partial charge in [-0.15, -0.1) is 0 Å². The zero-order chi connectivity index (χ0) is 36.3. The second-order valence-corrected chi connectivity index (χ2v) is 16.5. The number of rotatable bonds is 4. The van der Waals surface area contributed by atoms with E-state index in [4.69, 9.17) is 24.1 Å². The molecule has 1 spiro atoms. The fourth-order valence-corrected chi connectivity index (χ4v) is 11.8. The summed E-state index contributed by atoms with van der Waals surface area (Å²) in [4.78, 5) is 15.4. The molecule has 2 aromatic heterocycles. The summed E-state index contributed by atoms with van der Waals surface area (Å²) < 4.78 is 13.4. The van der Waals surface area contributed by atoms with E-state index in [1.807, 2.05) is 30.3 Å². The van der Waals surface area contributed by atoms with Gasteiger partial charge in [-0.1, -0.05) is 128 Å². The summed E-state index contributed by atoms with van der Waals surface area (Å²) in [5.41, 5.74) is 9.81. The van der Waals surface area contributed by atoms with Crippen LogP contribution in [0.1, 0.15) is 50.2 Å². The van der Waals surface area contributed by atoms with Crippen molar-refractivity contribution in [3.05, 3.63) is 151 Å². The van der Waals surface area contributed by atoms with Gasteiger partial charge in [-0.25, -0.2) is 15.0 Å². The zero-order valence-corrected chi connectivity index (χ0v) is 30.7. The predicted octanol–water partition coefficient (Wildman–Crippen LogP) is 12.6. The van der Waals surface area contributed by atoms with Crippen molar-refractivity contribution >= 4 is 21.9 Å². The Labute approximate surface area is 320 Å². The number of fused-ring (bicyclic) bond motifs is 5. The first-order valence-corrected chi connectivity index (χ1v) is 19.8. The van der Waals surface area contributed by atoms with Crippen molar-refractivity contribution in [1.82, 2.24) is 15.0 Å². The molecule has 4 aliphatic rings. The predicted molar refractivity (Wildman–Crippen MR) is 218 cm³/mol. The van der Waals surface area contributed by atoms with Crippen LogP contribution in [0, 0.1) is 17.8 Å². The molecule has 3 heterocycles. The molecule has 3 saturated carbocycles. The number of nitrogens with zero attached hydrogens (tertiary/aromatic N) is 3. The molecule has 0 radical (unpaired) electrons. The number of hydrogen-bond acceptors (Lipinski definition) is 5. The second-order valence-electron chi connectivity index (χ2n) is 16.5. The Morgan fingerprint density at radius 3 is 2.09 bits per heavy atom. The van der Waals surface area contributed by atoms with Gasteiger partial charge in [0.15, 0.2) is 17.5 Å². The molecular weight excluding hydrogens is 675 g/mol. The van der Waals surface area contributed by atoms with Crippen molar-refractivity contribution in [3.8, 4) is 56.8 Å². The molecule has 6 aromatic carbocycles. The van der Waals surface area contributed by atoms with Gasteiger partial charge < -0.3 is 9.15 Å². The molecule has 55 heavy (non-hydrogen) atoms. The van der Waals surface area contributed by atoms with Gasteiger partial charge in [-0.05, 0) is 73.6 Å². The van der Waals surface area contributed by atoms with Gasteiger partial charge in [0.25, 0.3) is 0 Å². The van der Waals surface area contributed by atoms with Gasteiger partial charge in [0.2, 0.25) is 0 Å². The fraction of sp³-hybridized carbons (Fsp3) is 0.220. The van der Waals surface area contributed by atoms with Crippen molar-refractivity contribution in [1.29, 1.82) is 0 Å².